The summed E-state index contributed by atoms with van der Waals surface area (Å²) in [7, 11) is 0. The maximum Gasteiger partial charge on any atom is 0.0963 e. The lowest BCUT2D eigenvalue weighted by Gasteiger charge is -2.12. The first kappa shape index (κ1) is 65.2. The number of hydrogen-bond acceptors (Lipinski definition) is 4. The van der Waals surface area contributed by atoms with Crippen molar-refractivity contribution in [1.29, 1.82) is 0 Å². The number of benzene rings is 14. The van der Waals surface area contributed by atoms with Gasteiger partial charge in [0.1, 0.15) is 0 Å². The Balaban J connectivity index is 0.000000141. The molecule has 8 heterocycles. The highest BCUT2D eigenvalue weighted by atomic mass is 15.0. The summed E-state index contributed by atoms with van der Waals surface area (Å²) in [5.41, 5.74) is 33.1. The highest BCUT2D eigenvalue weighted by Gasteiger charge is 2.23. The van der Waals surface area contributed by atoms with E-state index in [0.29, 0.717) is 0 Å². The van der Waals surface area contributed by atoms with Gasteiger partial charge in [-0.2, -0.15) is 0 Å². The maximum atomic E-state index is 5.18. The van der Waals surface area contributed by atoms with E-state index >= 15 is 0 Å². The zero-order valence-electron chi connectivity index (χ0n) is 60.8. The quantitative estimate of drug-likeness (QED) is 0.122. The molecule has 0 saturated heterocycles. The van der Waals surface area contributed by atoms with Gasteiger partial charge in [0.05, 0.1) is 77.9 Å². The highest BCUT2D eigenvalue weighted by molar-refractivity contribution is 6.19. The summed E-state index contributed by atoms with van der Waals surface area (Å²) in [6.45, 7) is 0. The molecular weight excluding hydrogens is 1360 g/mol. The van der Waals surface area contributed by atoms with Crippen molar-refractivity contribution in [3.63, 3.8) is 0 Å². The van der Waals surface area contributed by atoms with Crippen molar-refractivity contribution in [2.24, 2.45) is 0 Å². The molecule has 22 rings (SSSR count). The van der Waals surface area contributed by atoms with Crippen LogP contribution in [0.1, 0.15) is 0 Å². The lowest BCUT2D eigenvalue weighted by molar-refractivity contribution is 1.17. The normalized spacial score (nSPS) is 11.6. The number of pyridine rings is 4. The molecule has 524 valence electrons. The zero-order chi connectivity index (χ0) is 74.0. The second kappa shape index (κ2) is 27.6. The molecule has 22 aromatic rings. The molecule has 0 bridgehead atoms. The largest absolute Gasteiger partial charge is 0.309 e. The van der Waals surface area contributed by atoms with Gasteiger partial charge in [-0.15, -0.1) is 0 Å². The van der Waals surface area contributed by atoms with Gasteiger partial charge >= 0.3 is 0 Å². The molecule has 0 amide bonds. The van der Waals surface area contributed by atoms with Crippen LogP contribution in [0, 0.1) is 0 Å². The van der Waals surface area contributed by atoms with Crippen LogP contribution in [0.2, 0.25) is 0 Å². The van der Waals surface area contributed by atoms with Crippen LogP contribution in [0.15, 0.2) is 413 Å². The molecule has 0 unspecified atom stereocenters. The fourth-order valence-corrected chi connectivity index (χ4v) is 16.8. The Hall–Kier alpha value is -15.1. The molecule has 0 radical (unpaired) electrons. The fourth-order valence-electron chi connectivity index (χ4n) is 16.8. The van der Waals surface area contributed by atoms with Gasteiger partial charge in [0.25, 0.3) is 0 Å². The van der Waals surface area contributed by atoms with Crippen molar-refractivity contribution in [2.45, 2.75) is 0 Å². The molecule has 0 fully saturated rings. The molecule has 0 aliphatic rings. The Morgan fingerprint density at radius 3 is 0.857 bits per heavy atom. The summed E-state index contributed by atoms with van der Waals surface area (Å²) in [4.78, 5) is 20.1. The zero-order valence-corrected chi connectivity index (χ0v) is 60.8. The van der Waals surface area contributed by atoms with Crippen LogP contribution in [0.4, 0.5) is 0 Å². The summed E-state index contributed by atoms with van der Waals surface area (Å²) in [6.07, 6.45) is 3.78. The Bertz CT molecular complexity index is 6760. The Morgan fingerprint density at radius 2 is 0.455 bits per heavy atom. The molecular formula is C104H68N8. The molecule has 14 aromatic carbocycles. The molecule has 8 heteroatoms. The van der Waals surface area contributed by atoms with E-state index < -0.39 is 0 Å². The third-order valence-corrected chi connectivity index (χ3v) is 21.9. The van der Waals surface area contributed by atoms with Crippen LogP contribution < -0.4 is 0 Å². The first-order chi connectivity index (χ1) is 55.6. The van der Waals surface area contributed by atoms with Crippen LogP contribution in [-0.4, -0.2) is 38.2 Å². The topological polar surface area (TPSA) is 71.3 Å². The predicted molar refractivity (Wildman–Crippen MR) is 465 cm³/mol. The molecule has 0 spiro atoms. The van der Waals surface area contributed by atoms with Gasteiger partial charge in [0.15, 0.2) is 0 Å². The summed E-state index contributed by atoms with van der Waals surface area (Å²) in [6, 6.07) is 142. The lowest BCUT2D eigenvalue weighted by atomic mass is 9.98. The first-order valence-corrected chi connectivity index (χ1v) is 38.0. The minimum atomic E-state index is 0.944. The average Bonchev–Trinajstić information content (AvgIpc) is 1.58. The molecule has 0 atom stereocenters. The number of rotatable bonds is 12. The van der Waals surface area contributed by atoms with E-state index in [9.17, 15) is 0 Å². The van der Waals surface area contributed by atoms with Crippen LogP contribution in [0.3, 0.4) is 0 Å². The lowest BCUT2D eigenvalue weighted by Crippen LogP contribution is -1.95. The minimum Gasteiger partial charge on any atom is -0.309 e. The standard InChI is InChI=1S/2C52H34N4/c1-4-14-36(15-5-1)45-33-39(34-46(54-45)37-16-6-2-7-17-37)35-25-28-41(29-26-35)55-47-22-11-10-20-43(47)51-42(21-12-23-49(51)55)38-27-30-48-44(32-38)52-50(24-13-31-53-52)56(48)40-18-8-3-9-19-40;1-4-14-35(15-5-1)39-33-45(36-16-6-2-7-17-36)54-46(34-39)37-25-28-41(29-26-37)55-47-22-11-10-20-43(47)51-42(21-12-23-49(51)55)38-27-30-48-44(32-38)52-50(24-13-31-53-52)56(48)40-18-8-3-9-19-40/h2*1-34H. The van der Waals surface area contributed by atoms with Crippen molar-refractivity contribution in [1.82, 2.24) is 38.2 Å². The van der Waals surface area contributed by atoms with Crippen molar-refractivity contribution < 1.29 is 0 Å². The van der Waals surface area contributed by atoms with Gasteiger partial charge in [-0.1, -0.05) is 255 Å². The summed E-state index contributed by atoms with van der Waals surface area (Å²) in [5, 5.41) is 7.19. The van der Waals surface area contributed by atoms with Gasteiger partial charge < -0.3 is 18.3 Å². The van der Waals surface area contributed by atoms with E-state index in [0.717, 1.165) is 139 Å². The fraction of sp³-hybridized carbons (Fsp3) is 0. The molecule has 0 aliphatic heterocycles. The van der Waals surface area contributed by atoms with Gasteiger partial charge in [-0.25, -0.2) is 9.97 Å². The smallest absolute Gasteiger partial charge is 0.0963 e. The Labute approximate surface area is 646 Å². The summed E-state index contributed by atoms with van der Waals surface area (Å²) in [5.74, 6) is 0. The number of fused-ring (bicyclic) bond motifs is 12. The van der Waals surface area contributed by atoms with E-state index in [1.165, 1.54) is 60.3 Å². The third-order valence-electron chi connectivity index (χ3n) is 21.9. The average molecular weight is 1430 g/mol. The SMILES string of the molecule is c1ccc(-c2cc(-c3ccc(-n4c5ccccc5c5c(-c6ccc7c(c6)c6ncccc6n7-c6ccccc6)cccc54)cc3)cc(-c3ccccc3)n2)cc1.c1ccc(-c2cc(-c3ccccc3)nc(-c3ccc(-n4c5ccccc5c5c(-c6ccc7c(c6)c6ncccc6n7-c6ccccc6)cccc54)cc3)c2)cc1. The monoisotopic (exact) mass is 1430 g/mol. The molecule has 8 nitrogen and oxygen atoms in total. The third kappa shape index (κ3) is 11.4. The maximum absolute atomic E-state index is 5.18. The molecule has 0 aliphatic carbocycles. The van der Waals surface area contributed by atoms with Gasteiger partial charge in [0.2, 0.25) is 0 Å². The molecule has 8 aromatic heterocycles. The highest BCUT2D eigenvalue weighted by Crippen LogP contribution is 2.45. The Morgan fingerprint density at radius 1 is 0.170 bits per heavy atom. The van der Waals surface area contributed by atoms with Crippen molar-refractivity contribution in [2.75, 3.05) is 0 Å². The van der Waals surface area contributed by atoms with Crippen LogP contribution in [0.5, 0.6) is 0 Å². The Kier molecular flexibility index (Phi) is 16.1. The second-order valence-corrected chi connectivity index (χ2v) is 28.5. The first-order valence-electron chi connectivity index (χ1n) is 38.0. The van der Waals surface area contributed by atoms with E-state index in [2.05, 4.69) is 388 Å². The number of hydrogen-bond donors (Lipinski definition) is 0. The summed E-state index contributed by atoms with van der Waals surface area (Å²) < 4.78 is 9.42. The van der Waals surface area contributed by atoms with Crippen LogP contribution >= 0.6 is 0 Å². The molecule has 112 heavy (non-hydrogen) atoms. The van der Waals surface area contributed by atoms with Gasteiger partial charge in [-0.05, 0) is 190 Å². The summed E-state index contributed by atoms with van der Waals surface area (Å²) >= 11 is 0. The number of nitrogens with zero attached hydrogens (tertiary/aromatic N) is 8. The molecule has 0 saturated carbocycles. The molecule has 0 N–H and O–H groups in total. The van der Waals surface area contributed by atoms with E-state index in [-0.39, 0.29) is 0 Å². The minimum absolute atomic E-state index is 0.944. The van der Waals surface area contributed by atoms with Gasteiger partial charge in [0, 0.05) is 89.7 Å². The predicted octanol–water partition coefficient (Wildman–Crippen LogP) is 26.7. The number of aromatic nitrogens is 8. The number of para-hydroxylation sites is 4. The van der Waals surface area contributed by atoms with Crippen molar-refractivity contribution >= 4 is 87.5 Å². The van der Waals surface area contributed by atoms with Crippen LogP contribution in [-0.2, 0) is 0 Å². The van der Waals surface area contributed by atoms with Crippen LogP contribution in [0.25, 0.3) is 200 Å². The van der Waals surface area contributed by atoms with Crippen molar-refractivity contribution in [3.05, 3.63) is 413 Å². The van der Waals surface area contributed by atoms with E-state index in [1.807, 2.05) is 42.7 Å². The van der Waals surface area contributed by atoms with E-state index in [4.69, 9.17) is 19.9 Å². The second-order valence-electron chi connectivity index (χ2n) is 28.5. The van der Waals surface area contributed by atoms with E-state index in [1.54, 1.807) is 0 Å². The van der Waals surface area contributed by atoms with Crippen molar-refractivity contribution in [3.8, 4) is 112 Å². The van der Waals surface area contributed by atoms with Gasteiger partial charge in [-0.3, -0.25) is 9.97 Å².